The van der Waals surface area contributed by atoms with Crippen LogP contribution in [-0.4, -0.2) is 26.2 Å². The zero-order valence-electron chi connectivity index (χ0n) is 16.4. The Balaban J connectivity index is 1.62. The highest BCUT2D eigenvalue weighted by atomic mass is 16.5. The number of carbonyl (C=O) groups excluding carboxylic acids is 1. The highest BCUT2D eigenvalue weighted by Crippen LogP contribution is 2.27. The number of carbonyl (C=O) groups is 1. The van der Waals surface area contributed by atoms with Gasteiger partial charge in [-0.05, 0) is 41.5 Å². The second-order valence-corrected chi connectivity index (χ2v) is 6.49. The summed E-state index contributed by atoms with van der Waals surface area (Å²) >= 11 is 0. The van der Waals surface area contributed by atoms with Crippen LogP contribution in [0.5, 0.6) is 11.5 Å². The van der Waals surface area contributed by atoms with Crippen LogP contribution in [0.4, 0.5) is 0 Å². The molecule has 0 aliphatic heterocycles. The van der Waals surface area contributed by atoms with Crippen LogP contribution >= 0.6 is 0 Å². The maximum Gasteiger partial charge on any atom is 0.249 e. The molecule has 1 amide bonds. The molecule has 0 aliphatic carbocycles. The minimum Gasteiger partial charge on any atom is -0.497 e. The van der Waals surface area contributed by atoms with Crippen molar-refractivity contribution < 1.29 is 19.0 Å². The molecule has 0 aliphatic rings. The number of ether oxygens (including phenoxy) is 3. The first-order chi connectivity index (χ1) is 13.6. The number of hydrogen-bond donors (Lipinski definition) is 1. The highest BCUT2D eigenvalue weighted by molar-refractivity contribution is 5.88. The van der Waals surface area contributed by atoms with Gasteiger partial charge >= 0.3 is 0 Å². The van der Waals surface area contributed by atoms with E-state index < -0.39 is 6.10 Å². The molecule has 0 heterocycles. The zero-order valence-corrected chi connectivity index (χ0v) is 16.4. The number of methoxy groups -OCH3 is 2. The summed E-state index contributed by atoms with van der Waals surface area (Å²) in [6.45, 7) is 2.45. The van der Waals surface area contributed by atoms with Crippen molar-refractivity contribution in [3.05, 3.63) is 71.8 Å². The molecule has 0 fully saturated rings. The molecule has 0 bridgehead atoms. The van der Waals surface area contributed by atoms with Crippen LogP contribution in [0, 0.1) is 0 Å². The Morgan fingerprint density at radius 2 is 1.82 bits per heavy atom. The molecule has 28 heavy (non-hydrogen) atoms. The Morgan fingerprint density at radius 1 is 1.00 bits per heavy atom. The fraction of sp³-hybridized carbons (Fsp3) is 0.261. The molecule has 3 aromatic rings. The third kappa shape index (κ3) is 4.61. The molecule has 5 nitrogen and oxygen atoms in total. The summed E-state index contributed by atoms with van der Waals surface area (Å²) in [6.07, 6.45) is -0.577. The third-order valence-corrected chi connectivity index (χ3v) is 4.66. The summed E-state index contributed by atoms with van der Waals surface area (Å²) in [7, 11) is 3.26. The fourth-order valence-corrected chi connectivity index (χ4v) is 3.07. The molecule has 3 rings (SSSR count). The molecule has 1 atom stereocenters. The smallest absolute Gasteiger partial charge is 0.249 e. The van der Waals surface area contributed by atoms with Gasteiger partial charge in [-0.15, -0.1) is 0 Å². The van der Waals surface area contributed by atoms with Crippen molar-refractivity contribution in [1.29, 1.82) is 0 Å². The van der Waals surface area contributed by atoms with E-state index >= 15 is 0 Å². The van der Waals surface area contributed by atoms with E-state index in [2.05, 4.69) is 5.32 Å². The lowest BCUT2D eigenvalue weighted by Gasteiger charge is -2.16. The average molecular weight is 379 g/mol. The van der Waals surface area contributed by atoms with Crippen molar-refractivity contribution >= 4 is 16.7 Å². The van der Waals surface area contributed by atoms with Crippen LogP contribution in [-0.2, 0) is 22.7 Å². The Bertz CT molecular complexity index is 954. The molecule has 1 N–H and O–H groups in total. The van der Waals surface area contributed by atoms with Gasteiger partial charge in [0.05, 0.1) is 20.8 Å². The van der Waals surface area contributed by atoms with Gasteiger partial charge in [-0.3, -0.25) is 4.79 Å². The van der Waals surface area contributed by atoms with Crippen LogP contribution in [0.25, 0.3) is 10.8 Å². The van der Waals surface area contributed by atoms with E-state index in [0.717, 1.165) is 33.4 Å². The van der Waals surface area contributed by atoms with Crippen molar-refractivity contribution in [3.8, 4) is 11.5 Å². The zero-order chi connectivity index (χ0) is 19.9. The normalized spacial score (nSPS) is 11.8. The summed E-state index contributed by atoms with van der Waals surface area (Å²) in [5, 5.41) is 5.12. The van der Waals surface area contributed by atoms with Gasteiger partial charge in [-0.25, -0.2) is 0 Å². The average Bonchev–Trinajstić information content (AvgIpc) is 2.75. The van der Waals surface area contributed by atoms with Crippen molar-refractivity contribution in [1.82, 2.24) is 5.32 Å². The van der Waals surface area contributed by atoms with Crippen LogP contribution in [0.3, 0.4) is 0 Å². The first-order valence-electron chi connectivity index (χ1n) is 9.19. The standard InChI is InChI=1S/C23H25NO4/c1-16(28-15-17-7-6-9-19(13-17)26-2)23(25)24-14-21-20-10-5-4-8-18(20)11-12-22(21)27-3/h4-13,16H,14-15H2,1-3H3,(H,24,25). The van der Waals surface area contributed by atoms with Gasteiger partial charge in [0.25, 0.3) is 0 Å². The minimum atomic E-state index is -0.577. The summed E-state index contributed by atoms with van der Waals surface area (Å²) < 4.78 is 16.4. The van der Waals surface area contributed by atoms with Gasteiger partial charge in [-0.2, -0.15) is 0 Å². The summed E-state index contributed by atoms with van der Waals surface area (Å²) in [5.74, 6) is 1.35. The second kappa shape index (κ2) is 9.24. The summed E-state index contributed by atoms with van der Waals surface area (Å²) in [5.41, 5.74) is 1.91. The number of rotatable bonds is 8. The molecule has 146 valence electrons. The first kappa shape index (κ1) is 19.7. The van der Waals surface area contributed by atoms with E-state index in [1.165, 1.54) is 0 Å². The topological polar surface area (TPSA) is 56.8 Å². The molecule has 5 heteroatoms. The van der Waals surface area contributed by atoms with E-state index in [-0.39, 0.29) is 5.91 Å². The highest BCUT2D eigenvalue weighted by Gasteiger charge is 2.15. The maximum absolute atomic E-state index is 12.5. The number of fused-ring (bicyclic) bond motifs is 1. The minimum absolute atomic E-state index is 0.169. The van der Waals surface area contributed by atoms with E-state index in [0.29, 0.717) is 13.2 Å². The van der Waals surface area contributed by atoms with Gasteiger partial charge in [0.2, 0.25) is 5.91 Å². The third-order valence-electron chi connectivity index (χ3n) is 4.66. The van der Waals surface area contributed by atoms with Gasteiger partial charge in [0.1, 0.15) is 17.6 Å². The quantitative estimate of drug-likeness (QED) is 0.641. The summed E-state index contributed by atoms with van der Waals surface area (Å²) in [4.78, 5) is 12.5. The molecule has 0 saturated carbocycles. The second-order valence-electron chi connectivity index (χ2n) is 6.49. The van der Waals surface area contributed by atoms with Gasteiger partial charge in [0.15, 0.2) is 0 Å². The van der Waals surface area contributed by atoms with Crippen LogP contribution < -0.4 is 14.8 Å². The fourth-order valence-electron chi connectivity index (χ4n) is 3.07. The molecule has 1 unspecified atom stereocenters. The molecule has 0 spiro atoms. The summed E-state index contributed by atoms with van der Waals surface area (Å²) in [6, 6.07) is 19.6. The Morgan fingerprint density at radius 3 is 2.61 bits per heavy atom. The van der Waals surface area contributed by atoms with Crippen molar-refractivity contribution in [2.45, 2.75) is 26.2 Å². The van der Waals surface area contributed by atoms with E-state index in [9.17, 15) is 4.79 Å². The molecule has 0 saturated heterocycles. The monoisotopic (exact) mass is 379 g/mol. The molecule has 0 aromatic heterocycles. The van der Waals surface area contributed by atoms with Gasteiger partial charge in [0, 0.05) is 12.1 Å². The Hall–Kier alpha value is -3.05. The lowest BCUT2D eigenvalue weighted by Crippen LogP contribution is -2.34. The molecular formula is C23H25NO4. The largest absolute Gasteiger partial charge is 0.497 e. The number of amides is 1. The lowest BCUT2D eigenvalue weighted by atomic mass is 10.0. The van der Waals surface area contributed by atoms with E-state index in [1.807, 2.05) is 60.7 Å². The van der Waals surface area contributed by atoms with Crippen molar-refractivity contribution in [3.63, 3.8) is 0 Å². The SMILES string of the molecule is COc1cccc(COC(C)C(=O)NCc2c(OC)ccc3ccccc23)c1. The molecule has 3 aromatic carbocycles. The van der Waals surface area contributed by atoms with E-state index in [4.69, 9.17) is 14.2 Å². The predicted octanol–water partition coefficient (Wildman–Crippen LogP) is 4.08. The van der Waals surface area contributed by atoms with Crippen LogP contribution in [0.2, 0.25) is 0 Å². The van der Waals surface area contributed by atoms with Crippen LogP contribution in [0.1, 0.15) is 18.1 Å². The van der Waals surface area contributed by atoms with Crippen LogP contribution in [0.15, 0.2) is 60.7 Å². The number of benzene rings is 3. The van der Waals surface area contributed by atoms with Crippen molar-refractivity contribution in [2.24, 2.45) is 0 Å². The number of nitrogens with one attached hydrogen (secondary N) is 1. The Kier molecular flexibility index (Phi) is 6.50. The maximum atomic E-state index is 12.5. The predicted molar refractivity (Wildman–Crippen MR) is 110 cm³/mol. The Labute approximate surface area is 165 Å². The van der Waals surface area contributed by atoms with Crippen molar-refractivity contribution in [2.75, 3.05) is 14.2 Å². The molecular weight excluding hydrogens is 354 g/mol. The van der Waals surface area contributed by atoms with Gasteiger partial charge < -0.3 is 19.5 Å². The first-order valence-corrected chi connectivity index (χ1v) is 9.19. The lowest BCUT2D eigenvalue weighted by molar-refractivity contribution is -0.132. The van der Waals surface area contributed by atoms with E-state index in [1.54, 1.807) is 21.1 Å². The number of hydrogen-bond acceptors (Lipinski definition) is 4. The van der Waals surface area contributed by atoms with Gasteiger partial charge in [-0.1, -0.05) is 42.5 Å². The molecule has 0 radical (unpaired) electrons.